The predicted molar refractivity (Wildman–Crippen MR) is 64.7 cm³/mol. The molecule has 0 aliphatic rings. The lowest BCUT2D eigenvalue weighted by Gasteiger charge is -2.17. The Morgan fingerprint density at radius 1 is 1.33 bits per heavy atom. The summed E-state index contributed by atoms with van der Waals surface area (Å²) in [6.07, 6.45) is -0.432. The third kappa shape index (κ3) is 3.80. The second kappa shape index (κ2) is 5.47. The summed E-state index contributed by atoms with van der Waals surface area (Å²) in [5.74, 6) is -1.10. The van der Waals surface area contributed by atoms with E-state index in [9.17, 15) is 18.3 Å². The van der Waals surface area contributed by atoms with Crippen molar-refractivity contribution in [2.24, 2.45) is 5.73 Å². The summed E-state index contributed by atoms with van der Waals surface area (Å²) in [5, 5.41) is 18.4. The molecule has 18 heavy (non-hydrogen) atoms. The van der Waals surface area contributed by atoms with Crippen molar-refractivity contribution in [2.75, 3.05) is 6.26 Å². The number of aliphatic hydroxyl groups is 1. The largest absolute Gasteiger partial charge is 0.481 e. The molecular formula is C11H15NO5S. The number of aliphatic hydroxyl groups excluding tert-OH is 1. The van der Waals surface area contributed by atoms with E-state index in [1.54, 1.807) is 0 Å². The quantitative estimate of drug-likeness (QED) is 0.691. The number of hydrogen-bond donors (Lipinski definition) is 3. The first-order chi connectivity index (χ1) is 8.21. The van der Waals surface area contributed by atoms with Gasteiger partial charge < -0.3 is 15.9 Å². The highest BCUT2D eigenvalue weighted by Crippen LogP contribution is 2.19. The van der Waals surface area contributed by atoms with E-state index in [4.69, 9.17) is 10.8 Å². The van der Waals surface area contributed by atoms with Crippen LogP contribution in [0.2, 0.25) is 0 Å². The smallest absolute Gasteiger partial charge is 0.305 e. The van der Waals surface area contributed by atoms with Gasteiger partial charge in [-0.1, -0.05) is 12.1 Å². The van der Waals surface area contributed by atoms with E-state index in [2.05, 4.69) is 0 Å². The van der Waals surface area contributed by atoms with Crippen molar-refractivity contribution in [3.63, 3.8) is 0 Å². The molecule has 1 aromatic rings. The summed E-state index contributed by atoms with van der Waals surface area (Å²) in [6.45, 7) is 0. The number of carboxylic acids is 1. The number of carbonyl (C=O) groups is 1. The van der Waals surface area contributed by atoms with Gasteiger partial charge in [0, 0.05) is 12.3 Å². The molecule has 0 saturated carbocycles. The molecule has 2 atom stereocenters. The molecule has 0 saturated heterocycles. The highest BCUT2D eigenvalue weighted by atomic mass is 32.2. The molecule has 1 aromatic carbocycles. The lowest BCUT2D eigenvalue weighted by molar-refractivity contribution is -0.138. The Hall–Kier alpha value is -1.44. The van der Waals surface area contributed by atoms with Gasteiger partial charge in [-0.05, 0) is 17.7 Å². The van der Waals surface area contributed by atoms with Crippen molar-refractivity contribution in [1.82, 2.24) is 0 Å². The summed E-state index contributed by atoms with van der Waals surface area (Å²) in [5.41, 5.74) is 5.91. The Labute approximate surface area is 105 Å². The number of nitrogens with two attached hydrogens (primary N) is 1. The topological polar surface area (TPSA) is 118 Å². The third-order valence-corrected chi connectivity index (χ3v) is 3.59. The van der Waals surface area contributed by atoms with Crippen LogP contribution in [0.4, 0.5) is 0 Å². The minimum Gasteiger partial charge on any atom is -0.481 e. The van der Waals surface area contributed by atoms with Crippen LogP contribution in [0, 0.1) is 0 Å². The zero-order valence-electron chi connectivity index (χ0n) is 9.78. The second-order valence-corrected chi connectivity index (χ2v) is 6.06. The van der Waals surface area contributed by atoms with Crippen LogP contribution in [0.15, 0.2) is 29.2 Å². The summed E-state index contributed by atoms with van der Waals surface area (Å²) in [6, 6.07) is 4.60. The molecule has 1 rings (SSSR count). The second-order valence-electron chi connectivity index (χ2n) is 4.05. The maximum atomic E-state index is 11.2. The van der Waals surface area contributed by atoms with Gasteiger partial charge in [0.1, 0.15) is 0 Å². The lowest BCUT2D eigenvalue weighted by Crippen LogP contribution is -2.30. The van der Waals surface area contributed by atoms with E-state index >= 15 is 0 Å². The van der Waals surface area contributed by atoms with Crippen LogP contribution >= 0.6 is 0 Å². The van der Waals surface area contributed by atoms with Crippen molar-refractivity contribution >= 4 is 15.8 Å². The molecular weight excluding hydrogens is 258 g/mol. The van der Waals surface area contributed by atoms with Crippen LogP contribution < -0.4 is 5.73 Å². The summed E-state index contributed by atoms with van der Waals surface area (Å²) in [7, 11) is -3.29. The molecule has 4 N–H and O–H groups in total. The standard InChI is InChI=1S/C11H15NO5S/c1-18(16,17)8-4-2-7(3-5-8)11(15)9(12)6-10(13)14/h2-5,9,11,15H,6,12H2,1H3,(H,13,14)/t9-,11+/m1/s1. The van der Waals surface area contributed by atoms with Crippen molar-refractivity contribution in [3.05, 3.63) is 29.8 Å². The van der Waals surface area contributed by atoms with E-state index < -0.39 is 28.0 Å². The molecule has 0 unspecified atom stereocenters. The van der Waals surface area contributed by atoms with Gasteiger partial charge in [0.15, 0.2) is 9.84 Å². The highest BCUT2D eigenvalue weighted by Gasteiger charge is 2.20. The Kier molecular flexibility index (Phi) is 4.44. The molecule has 0 spiro atoms. The number of aliphatic carboxylic acids is 1. The summed E-state index contributed by atoms with van der Waals surface area (Å²) in [4.78, 5) is 10.6. The van der Waals surface area contributed by atoms with Gasteiger partial charge in [0.25, 0.3) is 0 Å². The fourth-order valence-electron chi connectivity index (χ4n) is 1.47. The molecule has 0 amide bonds. The van der Waals surface area contributed by atoms with Gasteiger partial charge >= 0.3 is 5.97 Å². The normalized spacial score (nSPS) is 15.1. The molecule has 7 heteroatoms. The Balaban J connectivity index is 2.88. The van der Waals surface area contributed by atoms with Crippen LogP contribution in [-0.2, 0) is 14.6 Å². The van der Waals surface area contributed by atoms with Crippen LogP contribution in [-0.4, -0.2) is 36.9 Å². The van der Waals surface area contributed by atoms with E-state index in [1.807, 2.05) is 0 Å². The van der Waals surface area contributed by atoms with Gasteiger partial charge in [-0.3, -0.25) is 4.79 Å². The Bertz CT molecular complexity index is 523. The Morgan fingerprint density at radius 2 is 1.83 bits per heavy atom. The van der Waals surface area contributed by atoms with Crippen LogP contribution in [0.3, 0.4) is 0 Å². The molecule has 0 aliphatic heterocycles. The van der Waals surface area contributed by atoms with Crippen molar-refractivity contribution in [2.45, 2.75) is 23.5 Å². The Morgan fingerprint density at radius 3 is 2.22 bits per heavy atom. The number of sulfone groups is 1. The summed E-state index contributed by atoms with van der Waals surface area (Å²) < 4.78 is 22.5. The minimum absolute atomic E-state index is 0.130. The fourth-order valence-corrected chi connectivity index (χ4v) is 2.10. The number of benzene rings is 1. The van der Waals surface area contributed by atoms with E-state index in [0.717, 1.165) is 6.26 Å². The highest BCUT2D eigenvalue weighted by molar-refractivity contribution is 7.90. The van der Waals surface area contributed by atoms with Crippen molar-refractivity contribution in [1.29, 1.82) is 0 Å². The summed E-state index contributed by atoms with van der Waals surface area (Å²) >= 11 is 0. The van der Waals surface area contributed by atoms with Gasteiger partial charge in [-0.15, -0.1) is 0 Å². The maximum Gasteiger partial charge on any atom is 0.305 e. The molecule has 0 bridgehead atoms. The van der Waals surface area contributed by atoms with Crippen LogP contribution in [0.25, 0.3) is 0 Å². The molecule has 0 radical (unpaired) electrons. The molecule has 0 heterocycles. The minimum atomic E-state index is -3.29. The van der Waals surface area contributed by atoms with Gasteiger partial charge in [0.05, 0.1) is 17.4 Å². The monoisotopic (exact) mass is 273 g/mol. The number of carboxylic acid groups (broad SMARTS) is 1. The number of rotatable bonds is 5. The maximum absolute atomic E-state index is 11.2. The predicted octanol–water partition coefficient (Wildman–Crippen LogP) is -0.0745. The first kappa shape index (κ1) is 14.6. The first-order valence-electron chi connectivity index (χ1n) is 5.17. The van der Waals surface area contributed by atoms with E-state index in [1.165, 1.54) is 24.3 Å². The zero-order valence-corrected chi connectivity index (χ0v) is 10.6. The SMILES string of the molecule is CS(=O)(=O)c1ccc([C@H](O)[C@H](N)CC(=O)O)cc1. The van der Waals surface area contributed by atoms with Crippen molar-refractivity contribution in [3.8, 4) is 0 Å². The van der Waals surface area contributed by atoms with Crippen LogP contribution in [0.5, 0.6) is 0 Å². The van der Waals surface area contributed by atoms with Crippen LogP contribution in [0.1, 0.15) is 18.1 Å². The van der Waals surface area contributed by atoms with Gasteiger partial charge in [-0.25, -0.2) is 8.42 Å². The molecule has 100 valence electrons. The average Bonchev–Trinajstić information content (AvgIpc) is 2.26. The zero-order chi connectivity index (χ0) is 13.9. The van der Waals surface area contributed by atoms with Gasteiger partial charge in [0.2, 0.25) is 0 Å². The molecule has 6 nitrogen and oxygen atoms in total. The molecule has 0 aromatic heterocycles. The third-order valence-electron chi connectivity index (χ3n) is 2.47. The first-order valence-corrected chi connectivity index (χ1v) is 7.06. The lowest BCUT2D eigenvalue weighted by atomic mass is 10.0. The number of hydrogen-bond acceptors (Lipinski definition) is 5. The molecule has 0 fully saturated rings. The average molecular weight is 273 g/mol. The van der Waals surface area contributed by atoms with Crippen molar-refractivity contribution < 1.29 is 23.4 Å². The van der Waals surface area contributed by atoms with E-state index in [0.29, 0.717) is 5.56 Å². The van der Waals surface area contributed by atoms with E-state index in [-0.39, 0.29) is 11.3 Å². The molecule has 0 aliphatic carbocycles. The fraction of sp³-hybridized carbons (Fsp3) is 0.364. The van der Waals surface area contributed by atoms with Gasteiger partial charge in [-0.2, -0.15) is 0 Å².